The minimum Gasteiger partial charge on any atom is -0.394 e. The van der Waals surface area contributed by atoms with Crippen LogP contribution < -0.4 is 0 Å². The van der Waals surface area contributed by atoms with Crippen molar-refractivity contribution in [2.24, 2.45) is 11.8 Å². The van der Waals surface area contributed by atoms with Gasteiger partial charge in [0.1, 0.15) is 42.7 Å². The molecule has 0 aromatic carbocycles. The minimum atomic E-state index is -5.22. The van der Waals surface area contributed by atoms with Crippen LogP contribution in [-0.2, 0) is 52.8 Å². The first-order valence-electron chi connectivity index (χ1n) is 12.5. The van der Waals surface area contributed by atoms with Gasteiger partial charge in [-0.3, -0.25) is 9.11 Å². The first-order chi connectivity index (χ1) is 19.3. The maximum atomic E-state index is 11.6. The summed E-state index contributed by atoms with van der Waals surface area (Å²) in [6.07, 6.45) is -21.5. The van der Waals surface area contributed by atoms with Crippen LogP contribution in [0.4, 0.5) is 0 Å². The lowest BCUT2D eigenvalue weighted by Gasteiger charge is -2.45. The molecule has 0 spiro atoms. The van der Waals surface area contributed by atoms with Crippen LogP contribution in [0.3, 0.4) is 0 Å². The van der Waals surface area contributed by atoms with Gasteiger partial charge in [0.15, 0.2) is 18.9 Å². The number of hydrogen-bond donors (Lipinski definition) is 9. The summed E-state index contributed by atoms with van der Waals surface area (Å²) in [6.45, 7) is 0.659. The molecule has 3 aliphatic heterocycles. The van der Waals surface area contributed by atoms with Crippen molar-refractivity contribution in [3.63, 3.8) is 0 Å². The Balaban J connectivity index is 1.73. The normalized spacial score (nSPS) is 45.5. The first-order valence-corrected chi connectivity index (χ1v) is 15.3. The molecule has 0 aliphatic carbocycles. The van der Waals surface area contributed by atoms with Crippen molar-refractivity contribution < 1.29 is 93.7 Å². The molecule has 248 valence electrons. The smallest absolute Gasteiger partial charge is 0.394 e. The van der Waals surface area contributed by atoms with Crippen molar-refractivity contribution >= 4 is 20.8 Å². The zero-order valence-corrected chi connectivity index (χ0v) is 23.7. The summed E-state index contributed by atoms with van der Waals surface area (Å²) in [5, 5.41) is 71.1. The van der Waals surface area contributed by atoms with Crippen LogP contribution in [0.25, 0.3) is 0 Å². The fraction of sp³-hybridized carbons (Fsp3) is 1.00. The van der Waals surface area contributed by atoms with Gasteiger partial charge in [0.2, 0.25) is 0 Å². The molecule has 22 heteroatoms. The van der Waals surface area contributed by atoms with Crippen molar-refractivity contribution in [3.8, 4) is 0 Å². The van der Waals surface area contributed by atoms with E-state index in [0.717, 1.165) is 0 Å². The number of aliphatic hydroxyl groups is 7. The van der Waals surface area contributed by atoms with Gasteiger partial charge in [-0.25, -0.2) is 8.37 Å². The van der Waals surface area contributed by atoms with Gasteiger partial charge >= 0.3 is 20.8 Å². The number of ether oxygens (including phenoxy) is 5. The monoisotopic (exact) mass is 660 g/mol. The summed E-state index contributed by atoms with van der Waals surface area (Å²) < 4.78 is 99.4. The highest BCUT2D eigenvalue weighted by Crippen LogP contribution is 2.34. The van der Waals surface area contributed by atoms with Crippen LogP contribution in [0.1, 0.15) is 13.8 Å². The first kappa shape index (κ1) is 35.7. The van der Waals surface area contributed by atoms with Crippen molar-refractivity contribution in [1.29, 1.82) is 0 Å². The van der Waals surface area contributed by atoms with Crippen LogP contribution in [0, 0.1) is 11.8 Å². The molecule has 9 N–H and O–H groups in total. The highest BCUT2D eigenvalue weighted by Gasteiger charge is 2.51. The predicted octanol–water partition coefficient (Wildman–Crippen LogP) is -5.37. The van der Waals surface area contributed by atoms with E-state index in [4.69, 9.17) is 28.2 Å². The maximum Gasteiger partial charge on any atom is 0.397 e. The summed E-state index contributed by atoms with van der Waals surface area (Å²) in [5.41, 5.74) is 0. The standard InChI is InChI=1S/C20H36O20S2/c1-6-8(4-34-20-15(26)17(40-42(31,32)33)11(22)7(2)37-20)16(39-41(28,29)30)14(25)19(36-6)35-5-9-12(23)10(3-21)38-18(27)13(9)24/h6-27H,3-5H2,1-2H3,(H,28,29,30)(H,31,32,33). The topological polar surface area (TPSA) is 315 Å². The summed E-state index contributed by atoms with van der Waals surface area (Å²) in [6, 6.07) is 0. The van der Waals surface area contributed by atoms with E-state index in [2.05, 4.69) is 8.37 Å². The molecule has 0 aromatic heterocycles. The molecule has 0 bridgehead atoms. The van der Waals surface area contributed by atoms with E-state index in [0.29, 0.717) is 0 Å². The molecule has 3 rings (SSSR count). The molecule has 3 heterocycles. The van der Waals surface area contributed by atoms with Crippen molar-refractivity contribution in [1.82, 2.24) is 0 Å². The van der Waals surface area contributed by atoms with Crippen molar-refractivity contribution in [2.75, 3.05) is 19.8 Å². The zero-order valence-electron chi connectivity index (χ0n) is 22.1. The molecule has 42 heavy (non-hydrogen) atoms. The van der Waals surface area contributed by atoms with E-state index in [1.54, 1.807) is 0 Å². The van der Waals surface area contributed by atoms with Gasteiger partial charge in [-0.15, -0.1) is 0 Å². The third-order valence-electron chi connectivity index (χ3n) is 7.19. The lowest BCUT2D eigenvalue weighted by Crippen LogP contribution is -2.61. The predicted molar refractivity (Wildman–Crippen MR) is 128 cm³/mol. The van der Waals surface area contributed by atoms with E-state index >= 15 is 0 Å². The number of hydrogen-bond acceptors (Lipinski definition) is 18. The van der Waals surface area contributed by atoms with E-state index < -0.39 is 132 Å². The molecule has 0 aromatic rings. The zero-order chi connectivity index (χ0) is 31.7. The van der Waals surface area contributed by atoms with Crippen LogP contribution in [0.2, 0.25) is 0 Å². The van der Waals surface area contributed by atoms with Gasteiger partial charge in [0, 0.05) is 11.8 Å². The Bertz CT molecular complexity index is 1090. The fourth-order valence-electron chi connectivity index (χ4n) is 4.88. The van der Waals surface area contributed by atoms with Gasteiger partial charge in [-0.05, 0) is 13.8 Å². The molecular weight excluding hydrogens is 624 g/mol. The minimum absolute atomic E-state index is 0.606. The third kappa shape index (κ3) is 8.70. The molecule has 0 amide bonds. The summed E-state index contributed by atoms with van der Waals surface area (Å²) in [4.78, 5) is 0. The number of aliphatic hydroxyl groups excluding tert-OH is 7. The van der Waals surface area contributed by atoms with Crippen molar-refractivity contribution in [2.45, 2.75) is 93.8 Å². The molecule has 0 radical (unpaired) electrons. The average Bonchev–Trinajstić information content (AvgIpc) is 2.87. The second kappa shape index (κ2) is 14.1. The second-order valence-electron chi connectivity index (χ2n) is 10.1. The summed E-state index contributed by atoms with van der Waals surface area (Å²) in [5.74, 6) is -2.53. The quantitative estimate of drug-likeness (QED) is 0.0934. The largest absolute Gasteiger partial charge is 0.397 e. The van der Waals surface area contributed by atoms with E-state index in [-0.39, 0.29) is 0 Å². The van der Waals surface area contributed by atoms with Crippen LogP contribution >= 0.6 is 0 Å². The Labute approximate surface area is 240 Å². The van der Waals surface area contributed by atoms with Gasteiger partial charge in [-0.1, -0.05) is 0 Å². The van der Waals surface area contributed by atoms with Gasteiger partial charge < -0.3 is 59.4 Å². The highest BCUT2D eigenvalue weighted by atomic mass is 32.3. The lowest BCUT2D eigenvalue weighted by molar-refractivity contribution is -0.320. The van der Waals surface area contributed by atoms with E-state index in [1.165, 1.54) is 13.8 Å². The van der Waals surface area contributed by atoms with E-state index in [9.17, 15) is 57.1 Å². The molecule has 3 fully saturated rings. The Morgan fingerprint density at radius 2 is 1.10 bits per heavy atom. The highest BCUT2D eigenvalue weighted by molar-refractivity contribution is 7.81. The molecule has 20 nitrogen and oxygen atoms in total. The average molecular weight is 661 g/mol. The maximum absolute atomic E-state index is 11.6. The second-order valence-corrected chi connectivity index (χ2v) is 12.2. The van der Waals surface area contributed by atoms with Crippen LogP contribution in [-0.4, -0.2) is 161 Å². The van der Waals surface area contributed by atoms with E-state index in [1.807, 2.05) is 0 Å². The molecular formula is C20H36O20S2. The summed E-state index contributed by atoms with van der Waals surface area (Å²) >= 11 is 0. The Morgan fingerprint density at radius 1 is 0.619 bits per heavy atom. The fourth-order valence-corrected chi connectivity index (χ4v) is 5.93. The number of rotatable bonds is 11. The Morgan fingerprint density at radius 3 is 1.62 bits per heavy atom. The SMILES string of the molecule is CC1OC(OCC2C(C)OC(OCC3C(O)C(O)OC(CO)C3O)C(O)C2OS(=O)(=O)O)C(O)C(OS(=O)(=O)O)C1O. The Hall–Kier alpha value is -0.740. The third-order valence-corrected chi connectivity index (χ3v) is 8.12. The molecule has 3 saturated heterocycles. The summed E-state index contributed by atoms with van der Waals surface area (Å²) in [7, 11) is -10.3. The molecule has 15 unspecified atom stereocenters. The van der Waals surface area contributed by atoms with Crippen LogP contribution in [0.15, 0.2) is 0 Å². The van der Waals surface area contributed by atoms with Gasteiger partial charge in [0.05, 0.1) is 38.1 Å². The van der Waals surface area contributed by atoms with Gasteiger partial charge in [0.25, 0.3) is 0 Å². The van der Waals surface area contributed by atoms with Crippen molar-refractivity contribution in [3.05, 3.63) is 0 Å². The van der Waals surface area contributed by atoms with Crippen LogP contribution in [0.5, 0.6) is 0 Å². The molecule has 0 saturated carbocycles. The lowest BCUT2D eigenvalue weighted by atomic mass is 9.89. The Kier molecular flexibility index (Phi) is 12.0. The molecule has 15 atom stereocenters. The molecule has 3 aliphatic rings. The van der Waals surface area contributed by atoms with Gasteiger partial charge in [-0.2, -0.15) is 16.8 Å².